The lowest BCUT2D eigenvalue weighted by atomic mass is 10.1. The summed E-state index contributed by atoms with van der Waals surface area (Å²) in [6.07, 6.45) is 1.80. The Morgan fingerprint density at radius 2 is 2.00 bits per heavy atom. The van der Waals surface area contributed by atoms with Crippen LogP contribution in [0.1, 0.15) is 31.4 Å². The van der Waals surface area contributed by atoms with E-state index >= 15 is 0 Å². The molecule has 1 amide bonds. The average Bonchev–Trinajstić information content (AvgIpc) is 2.50. The van der Waals surface area contributed by atoms with Crippen molar-refractivity contribution >= 4 is 5.91 Å². The van der Waals surface area contributed by atoms with Crippen LogP contribution in [-0.4, -0.2) is 48.4 Å². The van der Waals surface area contributed by atoms with Gasteiger partial charge in [-0.2, -0.15) is 0 Å². The predicted octanol–water partition coefficient (Wildman–Crippen LogP) is 1.91. The number of hydrogen-bond donors (Lipinski definition) is 1. The van der Waals surface area contributed by atoms with Crippen LogP contribution in [0.25, 0.3) is 0 Å². The predicted molar refractivity (Wildman–Crippen MR) is 81.2 cm³/mol. The van der Waals surface area contributed by atoms with E-state index in [4.69, 9.17) is 5.73 Å². The number of hydrogen-bond acceptors (Lipinski definition) is 3. The standard InChI is InChI=1S/C16H23F2N3O/c1-11(12-3-4-14(17)15(18)9-12)20(2)16(22)10-21-7-5-13(19)6-8-21/h3-4,9,11,13H,5-8,10,19H2,1-2H3. The van der Waals surface area contributed by atoms with Gasteiger partial charge in [-0.1, -0.05) is 6.07 Å². The van der Waals surface area contributed by atoms with Crippen LogP contribution in [0.5, 0.6) is 0 Å². The normalized spacial score (nSPS) is 18.2. The topological polar surface area (TPSA) is 49.6 Å². The minimum atomic E-state index is -0.893. The van der Waals surface area contributed by atoms with Crippen LogP contribution in [0.4, 0.5) is 8.78 Å². The molecule has 0 spiro atoms. The van der Waals surface area contributed by atoms with Crippen LogP contribution < -0.4 is 5.73 Å². The molecule has 2 N–H and O–H groups in total. The van der Waals surface area contributed by atoms with E-state index in [-0.39, 0.29) is 18.0 Å². The molecule has 122 valence electrons. The fraction of sp³-hybridized carbons (Fsp3) is 0.562. The van der Waals surface area contributed by atoms with Crippen molar-refractivity contribution in [2.75, 3.05) is 26.7 Å². The summed E-state index contributed by atoms with van der Waals surface area (Å²) in [5.41, 5.74) is 6.43. The number of amides is 1. The van der Waals surface area contributed by atoms with Gasteiger partial charge in [0, 0.05) is 26.2 Å². The molecule has 0 saturated carbocycles. The molecule has 1 aromatic carbocycles. The van der Waals surface area contributed by atoms with Crippen molar-refractivity contribution in [3.05, 3.63) is 35.4 Å². The lowest BCUT2D eigenvalue weighted by molar-refractivity contribution is -0.133. The quantitative estimate of drug-likeness (QED) is 0.924. The van der Waals surface area contributed by atoms with Crippen molar-refractivity contribution in [2.24, 2.45) is 5.73 Å². The van der Waals surface area contributed by atoms with Crippen molar-refractivity contribution < 1.29 is 13.6 Å². The first kappa shape index (κ1) is 16.8. The second-order valence-electron chi connectivity index (χ2n) is 5.97. The third-order valence-electron chi connectivity index (χ3n) is 4.39. The minimum Gasteiger partial charge on any atom is -0.338 e. The maximum Gasteiger partial charge on any atom is 0.236 e. The number of piperidine rings is 1. The number of carbonyl (C=O) groups is 1. The summed E-state index contributed by atoms with van der Waals surface area (Å²) >= 11 is 0. The van der Waals surface area contributed by atoms with Gasteiger partial charge in [-0.15, -0.1) is 0 Å². The highest BCUT2D eigenvalue weighted by atomic mass is 19.2. The summed E-state index contributed by atoms with van der Waals surface area (Å²) < 4.78 is 26.3. The fourth-order valence-electron chi connectivity index (χ4n) is 2.63. The summed E-state index contributed by atoms with van der Waals surface area (Å²) in [6.45, 7) is 3.77. The molecule has 6 heteroatoms. The molecule has 2 rings (SSSR count). The first-order valence-corrected chi connectivity index (χ1v) is 7.57. The molecular formula is C16H23F2N3O. The number of likely N-dealkylation sites (N-methyl/N-ethyl adjacent to an activating group) is 1. The molecule has 0 aliphatic carbocycles. The molecule has 1 atom stereocenters. The molecule has 0 aromatic heterocycles. The van der Waals surface area contributed by atoms with Gasteiger partial charge >= 0.3 is 0 Å². The van der Waals surface area contributed by atoms with E-state index in [1.807, 2.05) is 0 Å². The number of rotatable bonds is 4. The summed E-state index contributed by atoms with van der Waals surface area (Å²) in [6, 6.07) is 3.65. The molecule has 1 aliphatic rings. The van der Waals surface area contributed by atoms with Crippen molar-refractivity contribution in [3.63, 3.8) is 0 Å². The molecule has 1 saturated heterocycles. The highest BCUT2D eigenvalue weighted by Crippen LogP contribution is 2.21. The van der Waals surface area contributed by atoms with Crippen LogP contribution in [0.3, 0.4) is 0 Å². The van der Waals surface area contributed by atoms with Gasteiger partial charge in [0.1, 0.15) is 0 Å². The second kappa shape index (κ2) is 7.15. The largest absolute Gasteiger partial charge is 0.338 e. The van der Waals surface area contributed by atoms with Gasteiger partial charge in [-0.25, -0.2) is 8.78 Å². The molecule has 0 radical (unpaired) electrons. The first-order chi connectivity index (χ1) is 10.4. The SMILES string of the molecule is CC(c1ccc(F)c(F)c1)N(C)C(=O)CN1CCC(N)CC1. The summed E-state index contributed by atoms with van der Waals surface area (Å²) in [5.74, 6) is -1.81. The van der Waals surface area contributed by atoms with Gasteiger partial charge in [0.25, 0.3) is 0 Å². The number of nitrogens with zero attached hydrogens (tertiary/aromatic N) is 2. The number of carbonyl (C=O) groups excluding carboxylic acids is 1. The Balaban J connectivity index is 1.95. The number of nitrogens with two attached hydrogens (primary N) is 1. The van der Waals surface area contributed by atoms with E-state index in [9.17, 15) is 13.6 Å². The first-order valence-electron chi connectivity index (χ1n) is 7.57. The molecule has 1 heterocycles. The van der Waals surface area contributed by atoms with Crippen LogP contribution in [0.15, 0.2) is 18.2 Å². The maximum absolute atomic E-state index is 13.3. The zero-order valence-electron chi connectivity index (χ0n) is 13.1. The van der Waals surface area contributed by atoms with Gasteiger partial charge in [-0.05, 0) is 37.5 Å². The monoisotopic (exact) mass is 311 g/mol. The van der Waals surface area contributed by atoms with Gasteiger partial charge in [-0.3, -0.25) is 9.69 Å². The summed E-state index contributed by atoms with van der Waals surface area (Å²) in [5, 5.41) is 0. The Morgan fingerprint density at radius 3 is 2.59 bits per heavy atom. The Kier molecular flexibility index (Phi) is 5.47. The van der Waals surface area contributed by atoms with Crippen molar-refractivity contribution in [1.82, 2.24) is 9.80 Å². The molecule has 1 aromatic rings. The maximum atomic E-state index is 13.3. The van der Waals surface area contributed by atoms with E-state index in [1.165, 1.54) is 6.07 Å². The average molecular weight is 311 g/mol. The smallest absolute Gasteiger partial charge is 0.236 e. The Bertz CT molecular complexity index is 530. The lowest BCUT2D eigenvalue weighted by Crippen LogP contribution is -2.45. The molecule has 4 nitrogen and oxygen atoms in total. The molecule has 1 fully saturated rings. The van der Waals surface area contributed by atoms with Crippen LogP contribution >= 0.6 is 0 Å². The zero-order chi connectivity index (χ0) is 16.3. The van der Waals surface area contributed by atoms with E-state index in [0.29, 0.717) is 12.1 Å². The number of likely N-dealkylation sites (tertiary alicyclic amines) is 1. The van der Waals surface area contributed by atoms with E-state index in [2.05, 4.69) is 4.90 Å². The van der Waals surface area contributed by atoms with Crippen LogP contribution in [0, 0.1) is 11.6 Å². The third-order valence-corrected chi connectivity index (χ3v) is 4.39. The Hall–Kier alpha value is -1.53. The van der Waals surface area contributed by atoms with Crippen LogP contribution in [0.2, 0.25) is 0 Å². The van der Waals surface area contributed by atoms with Gasteiger partial charge in [0.15, 0.2) is 11.6 Å². The van der Waals surface area contributed by atoms with E-state index in [0.717, 1.165) is 38.1 Å². The minimum absolute atomic E-state index is 0.0345. The molecular weight excluding hydrogens is 288 g/mol. The lowest BCUT2D eigenvalue weighted by Gasteiger charge is -2.32. The van der Waals surface area contributed by atoms with Crippen LogP contribution in [-0.2, 0) is 4.79 Å². The molecule has 22 heavy (non-hydrogen) atoms. The molecule has 1 unspecified atom stereocenters. The van der Waals surface area contributed by atoms with Crippen molar-refractivity contribution in [2.45, 2.75) is 31.8 Å². The Labute approximate surface area is 129 Å². The van der Waals surface area contributed by atoms with Crippen molar-refractivity contribution in [3.8, 4) is 0 Å². The third kappa shape index (κ3) is 4.01. The van der Waals surface area contributed by atoms with Gasteiger partial charge in [0.2, 0.25) is 5.91 Å². The van der Waals surface area contributed by atoms with Crippen molar-refractivity contribution in [1.29, 1.82) is 0 Å². The summed E-state index contributed by atoms with van der Waals surface area (Å²) in [4.78, 5) is 16.0. The number of benzene rings is 1. The van der Waals surface area contributed by atoms with Gasteiger partial charge in [0.05, 0.1) is 12.6 Å². The van der Waals surface area contributed by atoms with E-state index < -0.39 is 11.6 Å². The Morgan fingerprint density at radius 1 is 1.36 bits per heavy atom. The number of halogens is 2. The highest BCUT2D eigenvalue weighted by molar-refractivity contribution is 5.78. The zero-order valence-corrected chi connectivity index (χ0v) is 13.1. The summed E-state index contributed by atoms with van der Waals surface area (Å²) in [7, 11) is 1.68. The highest BCUT2D eigenvalue weighted by Gasteiger charge is 2.23. The van der Waals surface area contributed by atoms with E-state index in [1.54, 1.807) is 18.9 Å². The van der Waals surface area contributed by atoms with Gasteiger partial charge < -0.3 is 10.6 Å². The molecule has 1 aliphatic heterocycles. The fourth-order valence-corrected chi connectivity index (χ4v) is 2.63. The second-order valence-corrected chi connectivity index (χ2v) is 5.97. The molecule has 0 bridgehead atoms.